The van der Waals surface area contributed by atoms with Crippen LogP contribution in [0.4, 0.5) is 5.82 Å². The molecule has 0 aromatic carbocycles. The van der Waals surface area contributed by atoms with E-state index in [1.807, 2.05) is 12.1 Å². The highest BCUT2D eigenvalue weighted by molar-refractivity contribution is 9.10. The highest BCUT2D eigenvalue weighted by Crippen LogP contribution is 2.44. The molecule has 0 amide bonds. The van der Waals surface area contributed by atoms with Crippen molar-refractivity contribution in [1.29, 1.82) is 0 Å². The van der Waals surface area contributed by atoms with E-state index >= 15 is 0 Å². The Bertz CT molecular complexity index is 620. The molecule has 2 aromatic rings. The molecule has 1 saturated carbocycles. The van der Waals surface area contributed by atoms with E-state index in [0.717, 1.165) is 40.5 Å². The van der Waals surface area contributed by atoms with Crippen LogP contribution in [0.2, 0.25) is 0 Å². The van der Waals surface area contributed by atoms with Crippen LogP contribution in [0.5, 0.6) is 0 Å². The van der Waals surface area contributed by atoms with Crippen molar-refractivity contribution in [3.05, 3.63) is 28.1 Å². The molecule has 0 unspecified atom stereocenters. The third-order valence-corrected chi connectivity index (χ3v) is 4.20. The fourth-order valence-corrected chi connectivity index (χ4v) is 2.82. The minimum absolute atomic E-state index is 0.559. The first-order valence-corrected chi connectivity index (χ1v) is 7.92. The Balaban J connectivity index is 2.05. The molecule has 0 saturated heterocycles. The summed E-state index contributed by atoms with van der Waals surface area (Å²) in [6, 6.07) is 3.94. The summed E-state index contributed by atoms with van der Waals surface area (Å²) >= 11 is 3.63. The second kappa shape index (κ2) is 5.56. The fraction of sp³-hybridized carbons (Fsp3) is 0.467. The van der Waals surface area contributed by atoms with E-state index in [9.17, 15) is 0 Å². The van der Waals surface area contributed by atoms with Gasteiger partial charge in [-0.3, -0.25) is 0 Å². The summed E-state index contributed by atoms with van der Waals surface area (Å²) in [6.45, 7) is 4.97. The normalized spacial score (nSPS) is 14.6. The smallest absolute Gasteiger partial charge is 0.197 e. The van der Waals surface area contributed by atoms with Crippen LogP contribution < -0.4 is 5.32 Å². The molecule has 3 rings (SSSR count). The lowest BCUT2D eigenvalue weighted by atomic mass is 10.2. The van der Waals surface area contributed by atoms with Crippen LogP contribution in [0, 0.1) is 0 Å². The molecule has 0 atom stereocenters. The summed E-state index contributed by atoms with van der Waals surface area (Å²) in [5.41, 5.74) is 1.10. The van der Waals surface area contributed by atoms with Crippen molar-refractivity contribution in [2.45, 2.75) is 39.0 Å². The maximum atomic E-state index is 5.78. The van der Waals surface area contributed by atoms with E-state index in [0.29, 0.717) is 11.7 Å². The van der Waals surface area contributed by atoms with Gasteiger partial charge < -0.3 is 9.73 Å². The van der Waals surface area contributed by atoms with Crippen LogP contribution in [0.25, 0.3) is 11.6 Å². The highest BCUT2D eigenvalue weighted by Gasteiger charge is 2.30. The van der Waals surface area contributed by atoms with Gasteiger partial charge in [-0.25, -0.2) is 9.97 Å². The van der Waals surface area contributed by atoms with Crippen LogP contribution in [0.1, 0.15) is 44.1 Å². The van der Waals surface area contributed by atoms with Gasteiger partial charge in [-0.15, -0.1) is 0 Å². The Labute approximate surface area is 127 Å². The number of nitrogens with zero attached hydrogens (tertiary/aromatic N) is 2. The predicted molar refractivity (Wildman–Crippen MR) is 83.0 cm³/mol. The first-order valence-electron chi connectivity index (χ1n) is 7.13. The minimum atomic E-state index is 0.559. The molecular weight excluding hydrogens is 318 g/mol. The van der Waals surface area contributed by atoms with Gasteiger partial charge in [-0.05, 0) is 47.8 Å². The largest absolute Gasteiger partial charge is 0.458 e. The van der Waals surface area contributed by atoms with Crippen LogP contribution in [-0.4, -0.2) is 16.5 Å². The quantitative estimate of drug-likeness (QED) is 0.881. The van der Waals surface area contributed by atoms with Crippen LogP contribution in [-0.2, 0) is 6.42 Å². The third kappa shape index (κ3) is 2.59. The molecule has 1 fully saturated rings. The van der Waals surface area contributed by atoms with Gasteiger partial charge in [0.1, 0.15) is 11.6 Å². The zero-order chi connectivity index (χ0) is 14.1. The molecule has 0 aliphatic heterocycles. The summed E-state index contributed by atoms with van der Waals surface area (Å²) in [5, 5.41) is 3.29. The van der Waals surface area contributed by atoms with Crippen LogP contribution >= 0.6 is 15.9 Å². The van der Waals surface area contributed by atoms with Crippen LogP contribution in [0.15, 0.2) is 21.0 Å². The van der Waals surface area contributed by atoms with Gasteiger partial charge >= 0.3 is 0 Å². The zero-order valence-corrected chi connectivity index (χ0v) is 13.3. The van der Waals surface area contributed by atoms with E-state index < -0.39 is 0 Å². The van der Waals surface area contributed by atoms with E-state index in [-0.39, 0.29) is 0 Å². The standard InChI is InChI=1S/C15H18BrN3O/c1-3-10-7-8-11(20-10)14-18-13(9-5-6-9)12(16)15(19-14)17-4-2/h7-9H,3-6H2,1-2H3,(H,17,18,19). The van der Waals surface area contributed by atoms with E-state index in [2.05, 4.69) is 40.1 Å². The number of hydrogen-bond acceptors (Lipinski definition) is 4. The van der Waals surface area contributed by atoms with E-state index in [1.54, 1.807) is 0 Å². The number of aromatic nitrogens is 2. The van der Waals surface area contributed by atoms with Crippen molar-refractivity contribution < 1.29 is 4.42 Å². The lowest BCUT2D eigenvalue weighted by Crippen LogP contribution is -2.05. The summed E-state index contributed by atoms with van der Waals surface area (Å²) < 4.78 is 6.77. The molecule has 20 heavy (non-hydrogen) atoms. The molecule has 1 N–H and O–H groups in total. The van der Waals surface area contributed by atoms with Crippen molar-refractivity contribution in [2.24, 2.45) is 0 Å². The molecule has 0 bridgehead atoms. The van der Waals surface area contributed by atoms with Crippen molar-refractivity contribution in [1.82, 2.24) is 9.97 Å². The molecule has 1 aliphatic carbocycles. The molecule has 2 aromatic heterocycles. The molecule has 106 valence electrons. The second-order valence-electron chi connectivity index (χ2n) is 5.02. The van der Waals surface area contributed by atoms with Gasteiger partial charge in [0.15, 0.2) is 11.6 Å². The third-order valence-electron chi connectivity index (χ3n) is 3.42. The Kier molecular flexibility index (Phi) is 3.78. The van der Waals surface area contributed by atoms with Gasteiger partial charge in [0, 0.05) is 18.9 Å². The lowest BCUT2D eigenvalue weighted by Gasteiger charge is -2.10. The number of anilines is 1. The predicted octanol–water partition coefficient (Wildman–Crippen LogP) is 4.37. The monoisotopic (exact) mass is 335 g/mol. The number of rotatable bonds is 5. The van der Waals surface area contributed by atoms with Crippen molar-refractivity contribution in [3.63, 3.8) is 0 Å². The number of furan rings is 1. The Morgan fingerprint density at radius 1 is 1.30 bits per heavy atom. The topological polar surface area (TPSA) is 51.0 Å². The summed E-state index contributed by atoms with van der Waals surface area (Å²) in [4.78, 5) is 9.29. The molecule has 0 spiro atoms. The molecule has 0 radical (unpaired) electrons. The number of nitrogens with one attached hydrogen (secondary N) is 1. The Morgan fingerprint density at radius 3 is 2.70 bits per heavy atom. The molecule has 2 heterocycles. The number of aryl methyl sites for hydroxylation is 1. The maximum absolute atomic E-state index is 5.78. The first-order chi connectivity index (χ1) is 9.72. The first kappa shape index (κ1) is 13.6. The van der Waals surface area contributed by atoms with Crippen LogP contribution in [0.3, 0.4) is 0 Å². The molecule has 1 aliphatic rings. The lowest BCUT2D eigenvalue weighted by molar-refractivity contribution is 0.525. The van der Waals surface area contributed by atoms with Gasteiger partial charge in [0.05, 0.1) is 10.2 Å². The second-order valence-corrected chi connectivity index (χ2v) is 5.81. The summed E-state index contributed by atoms with van der Waals surface area (Å²) in [5.74, 6) is 3.80. The molecule has 4 nitrogen and oxygen atoms in total. The Morgan fingerprint density at radius 2 is 2.10 bits per heavy atom. The van der Waals surface area contributed by atoms with Crippen molar-refractivity contribution in [2.75, 3.05) is 11.9 Å². The van der Waals surface area contributed by atoms with Gasteiger partial charge in [-0.1, -0.05) is 6.92 Å². The van der Waals surface area contributed by atoms with Gasteiger partial charge in [0.25, 0.3) is 0 Å². The summed E-state index contributed by atoms with van der Waals surface area (Å²) in [7, 11) is 0. The number of hydrogen-bond donors (Lipinski definition) is 1. The van der Waals surface area contributed by atoms with Gasteiger partial charge in [0.2, 0.25) is 0 Å². The fourth-order valence-electron chi connectivity index (χ4n) is 2.17. The van der Waals surface area contributed by atoms with Crippen molar-refractivity contribution >= 4 is 21.7 Å². The molecular formula is C15H18BrN3O. The highest BCUT2D eigenvalue weighted by atomic mass is 79.9. The van der Waals surface area contributed by atoms with Gasteiger partial charge in [-0.2, -0.15) is 0 Å². The van der Waals surface area contributed by atoms with E-state index in [1.165, 1.54) is 12.8 Å². The Hall–Kier alpha value is -1.36. The number of halogens is 1. The average molecular weight is 336 g/mol. The maximum Gasteiger partial charge on any atom is 0.197 e. The summed E-state index contributed by atoms with van der Waals surface area (Å²) in [6.07, 6.45) is 3.30. The minimum Gasteiger partial charge on any atom is -0.458 e. The SMILES string of the molecule is CCNc1nc(-c2ccc(CC)o2)nc(C2CC2)c1Br. The average Bonchev–Trinajstić information content (AvgIpc) is 3.18. The zero-order valence-electron chi connectivity index (χ0n) is 11.7. The van der Waals surface area contributed by atoms with E-state index in [4.69, 9.17) is 9.40 Å². The van der Waals surface area contributed by atoms with Crippen molar-refractivity contribution in [3.8, 4) is 11.6 Å². The molecule has 5 heteroatoms.